The predicted molar refractivity (Wildman–Crippen MR) is 91.7 cm³/mol. The van der Waals surface area contributed by atoms with E-state index in [1.165, 1.54) is 11.8 Å². The van der Waals surface area contributed by atoms with Crippen LogP contribution in [0.2, 0.25) is 5.02 Å². The summed E-state index contributed by atoms with van der Waals surface area (Å²) in [6.45, 7) is 3.86. The van der Waals surface area contributed by atoms with E-state index in [0.717, 1.165) is 4.90 Å². The summed E-state index contributed by atoms with van der Waals surface area (Å²) in [5, 5.41) is 0.633. The third-order valence-corrected chi connectivity index (χ3v) is 4.05. The van der Waals surface area contributed by atoms with Gasteiger partial charge in [-0.25, -0.2) is 14.6 Å². The molecule has 0 bridgehead atoms. The molecule has 126 valence electrons. The third-order valence-electron chi connectivity index (χ3n) is 2.82. The van der Waals surface area contributed by atoms with Crippen molar-refractivity contribution in [2.45, 2.75) is 23.6 Å². The molecular weight excluding hydrogens is 350 g/mol. The fourth-order valence-electron chi connectivity index (χ4n) is 1.82. The first-order valence-corrected chi connectivity index (χ1v) is 8.52. The van der Waals surface area contributed by atoms with Crippen LogP contribution in [-0.2, 0) is 9.47 Å². The molecule has 0 N–H and O–H groups in total. The molecule has 24 heavy (non-hydrogen) atoms. The molecule has 0 aliphatic heterocycles. The number of ether oxygens (including phenoxy) is 2. The van der Waals surface area contributed by atoms with Crippen molar-refractivity contribution in [2.75, 3.05) is 13.2 Å². The Morgan fingerprint density at radius 1 is 0.958 bits per heavy atom. The topological polar surface area (TPSA) is 65.5 Å². The molecule has 0 saturated heterocycles. The first-order valence-electron chi connectivity index (χ1n) is 7.33. The number of nitrogens with zero attached hydrogens (tertiary/aromatic N) is 1. The van der Waals surface area contributed by atoms with Gasteiger partial charge in [0.1, 0.15) is 11.4 Å². The molecule has 0 unspecified atom stereocenters. The van der Waals surface area contributed by atoms with Gasteiger partial charge in [-0.05, 0) is 50.2 Å². The van der Waals surface area contributed by atoms with Crippen LogP contribution >= 0.6 is 23.4 Å². The zero-order valence-electron chi connectivity index (χ0n) is 13.2. The van der Waals surface area contributed by atoms with Gasteiger partial charge in [0, 0.05) is 14.8 Å². The number of esters is 2. The number of carbonyl (C=O) groups is 2. The zero-order valence-corrected chi connectivity index (χ0v) is 14.8. The molecule has 1 aromatic carbocycles. The van der Waals surface area contributed by atoms with Crippen LogP contribution in [0.4, 0.5) is 0 Å². The molecule has 7 heteroatoms. The van der Waals surface area contributed by atoms with E-state index < -0.39 is 11.9 Å². The molecule has 2 rings (SSSR count). The standard InChI is InChI=1S/C17H16ClNO4S/c1-3-22-16(20)14-9-13(10-15(19-14)17(21)23-4-2)24-12-7-5-11(18)6-8-12/h5-10H,3-4H2,1-2H3. The highest BCUT2D eigenvalue weighted by atomic mass is 35.5. The van der Waals surface area contributed by atoms with Gasteiger partial charge in [-0.1, -0.05) is 23.4 Å². The molecule has 0 spiro atoms. The summed E-state index contributed by atoms with van der Waals surface area (Å²) in [5.74, 6) is -1.16. The van der Waals surface area contributed by atoms with Crippen molar-refractivity contribution in [3.8, 4) is 0 Å². The van der Waals surface area contributed by atoms with Crippen molar-refractivity contribution >= 4 is 35.3 Å². The lowest BCUT2D eigenvalue weighted by molar-refractivity contribution is 0.0511. The fourth-order valence-corrected chi connectivity index (χ4v) is 2.83. The highest BCUT2D eigenvalue weighted by molar-refractivity contribution is 7.99. The number of aromatic nitrogens is 1. The van der Waals surface area contributed by atoms with Gasteiger partial charge >= 0.3 is 11.9 Å². The van der Waals surface area contributed by atoms with Crippen molar-refractivity contribution in [3.05, 3.63) is 52.8 Å². The highest BCUT2D eigenvalue weighted by Gasteiger charge is 2.17. The quantitative estimate of drug-likeness (QED) is 0.713. The Morgan fingerprint density at radius 2 is 1.46 bits per heavy atom. The van der Waals surface area contributed by atoms with Crippen LogP contribution in [0, 0.1) is 0 Å². The van der Waals surface area contributed by atoms with Crippen molar-refractivity contribution in [1.82, 2.24) is 4.98 Å². The molecule has 0 atom stereocenters. The maximum Gasteiger partial charge on any atom is 0.356 e. The van der Waals surface area contributed by atoms with Gasteiger partial charge in [0.05, 0.1) is 13.2 Å². The lowest BCUT2D eigenvalue weighted by atomic mass is 10.3. The van der Waals surface area contributed by atoms with Crippen LogP contribution in [0.5, 0.6) is 0 Å². The van der Waals surface area contributed by atoms with Gasteiger partial charge < -0.3 is 9.47 Å². The van der Waals surface area contributed by atoms with Gasteiger partial charge in [-0.2, -0.15) is 0 Å². The molecule has 2 aromatic rings. The molecule has 1 aromatic heterocycles. The van der Waals surface area contributed by atoms with Gasteiger partial charge in [-0.3, -0.25) is 0 Å². The maximum atomic E-state index is 12.0. The Balaban J connectivity index is 2.35. The molecule has 0 saturated carbocycles. The Labute approximate surface area is 149 Å². The van der Waals surface area contributed by atoms with E-state index in [1.807, 2.05) is 12.1 Å². The number of rotatable bonds is 6. The average Bonchev–Trinajstić information content (AvgIpc) is 2.57. The van der Waals surface area contributed by atoms with Gasteiger partial charge in [0.15, 0.2) is 0 Å². The minimum atomic E-state index is -0.582. The highest BCUT2D eigenvalue weighted by Crippen LogP contribution is 2.29. The van der Waals surface area contributed by atoms with Gasteiger partial charge in [0.25, 0.3) is 0 Å². The molecule has 1 heterocycles. The first kappa shape index (κ1) is 18.3. The van der Waals surface area contributed by atoms with E-state index in [-0.39, 0.29) is 24.6 Å². The van der Waals surface area contributed by atoms with Crippen molar-refractivity contribution in [2.24, 2.45) is 0 Å². The Bertz CT molecular complexity index is 698. The molecule has 5 nitrogen and oxygen atoms in total. The summed E-state index contributed by atoms with van der Waals surface area (Å²) in [6, 6.07) is 10.4. The Kier molecular flexibility index (Phi) is 6.63. The summed E-state index contributed by atoms with van der Waals surface area (Å²) in [4.78, 5) is 29.6. The molecular formula is C17H16ClNO4S. The van der Waals surface area contributed by atoms with E-state index in [0.29, 0.717) is 9.92 Å². The average molecular weight is 366 g/mol. The second-order valence-corrected chi connectivity index (χ2v) is 6.15. The van der Waals surface area contributed by atoms with Crippen molar-refractivity contribution < 1.29 is 19.1 Å². The monoisotopic (exact) mass is 365 g/mol. The summed E-state index contributed by atoms with van der Waals surface area (Å²) in [6.07, 6.45) is 0. The largest absolute Gasteiger partial charge is 0.461 e. The van der Waals surface area contributed by atoms with Crippen molar-refractivity contribution in [3.63, 3.8) is 0 Å². The van der Waals surface area contributed by atoms with Crippen LogP contribution in [0.1, 0.15) is 34.8 Å². The fraction of sp³-hybridized carbons (Fsp3) is 0.235. The smallest absolute Gasteiger partial charge is 0.356 e. The lowest BCUT2D eigenvalue weighted by Crippen LogP contribution is -2.13. The van der Waals surface area contributed by atoms with E-state index in [9.17, 15) is 9.59 Å². The summed E-state index contributed by atoms with van der Waals surface area (Å²) >= 11 is 7.26. The molecule has 0 fully saturated rings. The Morgan fingerprint density at radius 3 is 1.92 bits per heavy atom. The van der Waals surface area contributed by atoms with Crippen molar-refractivity contribution in [1.29, 1.82) is 0 Å². The third kappa shape index (κ3) is 4.97. The second-order valence-electron chi connectivity index (χ2n) is 4.57. The van der Waals surface area contributed by atoms with E-state index in [2.05, 4.69) is 4.98 Å². The SMILES string of the molecule is CCOC(=O)c1cc(Sc2ccc(Cl)cc2)cc(C(=O)OCC)n1. The minimum absolute atomic E-state index is 0.0684. The summed E-state index contributed by atoms with van der Waals surface area (Å²) in [5.41, 5.74) is 0.137. The van der Waals surface area contributed by atoms with Crippen LogP contribution in [0.25, 0.3) is 0 Å². The molecule has 0 aliphatic rings. The maximum absolute atomic E-state index is 12.0. The zero-order chi connectivity index (χ0) is 17.5. The van der Waals surface area contributed by atoms with E-state index >= 15 is 0 Å². The molecule has 0 radical (unpaired) electrons. The number of benzene rings is 1. The van der Waals surface area contributed by atoms with E-state index in [4.69, 9.17) is 21.1 Å². The first-order chi connectivity index (χ1) is 11.5. The lowest BCUT2D eigenvalue weighted by Gasteiger charge is -2.08. The molecule has 0 aliphatic carbocycles. The van der Waals surface area contributed by atoms with Crippen LogP contribution in [-0.4, -0.2) is 30.1 Å². The Hall–Kier alpha value is -2.05. The van der Waals surface area contributed by atoms with Gasteiger partial charge in [0.2, 0.25) is 0 Å². The van der Waals surface area contributed by atoms with Gasteiger partial charge in [-0.15, -0.1) is 0 Å². The van der Waals surface area contributed by atoms with E-state index in [1.54, 1.807) is 38.1 Å². The number of pyridine rings is 1. The summed E-state index contributed by atoms with van der Waals surface area (Å²) < 4.78 is 9.93. The van der Waals surface area contributed by atoms with Crippen LogP contribution < -0.4 is 0 Å². The number of hydrogen-bond donors (Lipinski definition) is 0. The normalized spacial score (nSPS) is 10.3. The molecule has 0 amide bonds. The minimum Gasteiger partial charge on any atom is -0.461 e. The predicted octanol–water partition coefficient (Wildman–Crippen LogP) is 4.24. The second kappa shape index (κ2) is 8.70. The number of halogens is 1. The van der Waals surface area contributed by atoms with Crippen LogP contribution in [0.15, 0.2) is 46.2 Å². The van der Waals surface area contributed by atoms with Crippen LogP contribution in [0.3, 0.4) is 0 Å². The number of carbonyl (C=O) groups excluding carboxylic acids is 2. The summed E-state index contributed by atoms with van der Waals surface area (Å²) in [7, 11) is 0. The number of hydrogen-bond acceptors (Lipinski definition) is 6.